The maximum atomic E-state index is 14.1. The van der Waals surface area contributed by atoms with Gasteiger partial charge in [0.2, 0.25) is 0 Å². The number of halogens is 9. The van der Waals surface area contributed by atoms with E-state index in [4.69, 9.17) is 0 Å². The van der Waals surface area contributed by atoms with Crippen molar-refractivity contribution in [3.63, 3.8) is 0 Å². The molecule has 4 rings (SSSR count). The summed E-state index contributed by atoms with van der Waals surface area (Å²) in [7, 11) is -7.10. The monoisotopic (exact) mass is 610 g/mol. The Morgan fingerprint density at radius 1 is 1.02 bits per heavy atom. The molecule has 2 fully saturated rings. The Hall–Kier alpha value is -2.52. The zero-order valence-corrected chi connectivity index (χ0v) is 21.4. The van der Waals surface area contributed by atoms with Crippen LogP contribution in [0.2, 0.25) is 0 Å². The van der Waals surface area contributed by atoms with Crippen molar-refractivity contribution in [1.82, 2.24) is 0 Å². The van der Waals surface area contributed by atoms with Crippen molar-refractivity contribution in [3.05, 3.63) is 29.3 Å². The van der Waals surface area contributed by atoms with E-state index in [0.29, 0.717) is 24.8 Å². The first kappa shape index (κ1) is 30.4. The minimum absolute atomic E-state index is 0.0277. The molecule has 224 valence electrons. The molecule has 1 aromatic rings. The minimum Gasteiger partial charge on any atom is -0.481 e. The number of fused-ring (bicyclic) bond motifs is 5. The highest BCUT2D eigenvalue weighted by Crippen LogP contribution is 2.62. The van der Waals surface area contributed by atoms with Gasteiger partial charge in [-0.3, -0.25) is 9.59 Å². The molecule has 3 aliphatic carbocycles. The zero-order chi connectivity index (χ0) is 30.3. The van der Waals surface area contributed by atoms with Crippen molar-refractivity contribution < 1.29 is 66.8 Å². The van der Waals surface area contributed by atoms with Crippen LogP contribution in [0.25, 0.3) is 0 Å². The summed E-state index contributed by atoms with van der Waals surface area (Å²) in [5.74, 6) is -18.2. The van der Waals surface area contributed by atoms with Gasteiger partial charge in [0.15, 0.2) is 0 Å². The van der Waals surface area contributed by atoms with Gasteiger partial charge in [0.25, 0.3) is 0 Å². The molecule has 0 aliphatic heterocycles. The molecule has 40 heavy (non-hydrogen) atoms. The van der Waals surface area contributed by atoms with Crippen molar-refractivity contribution in [3.8, 4) is 5.75 Å². The van der Waals surface area contributed by atoms with Crippen LogP contribution in [-0.4, -0.2) is 48.6 Å². The highest BCUT2D eigenvalue weighted by atomic mass is 32.2. The van der Waals surface area contributed by atoms with E-state index in [1.807, 2.05) is 0 Å². The molecule has 2 saturated carbocycles. The van der Waals surface area contributed by atoms with Gasteiger partial charge in [0, 0.05) is 18.3 Å². The van der Waals surface area contributed by atoms with Crippen LogP contribution in [0.1, 0.15) is 56.1 Å². The quantitative estimate of drug-likeness (QED) is 0.303. The smallest absolute Gasteiger partial charge is 0.460 e. The molecule has 0 heterocycles. The number of hydrogen-bond acceptors (Lipinski definition) is 5. The molecule has 0 radical (unpaired) electrons. The molecule has 1 N–H and O–H groups in total. The third-order valence-corrected chi connectivity index (χ3v) is 9.90. The fourth-order valence-electron chi connectivity index (χ4n) is 6.80. The number of aliphatic carboxylic acids is 1. The average Bonchev–Trinajstić information content (AvgIpc) is 3.10. The number of hydrogen-bond donors (Lipinski definition) is 1. The third-order valence-electron chi connectivity index (χ3n) is 8.60. The van der Waals surface area contributed by atoms with Crippen LogP contribution in [-0.2, 0) is 26.1 Å². The molecule has 0 aromatic heterocycles. The van der Waals surface area contributed by atoms with Gasteiger partial charge in [-0.2, -0.15) is 47.9 Å². The van der Waals surface area contributed by atoms with Gasteiger partial charge in [0.05, 0.1) is 0 Å². The second kappa shape index (κ2) is 9.24. The molecular formula is C24H23F9O6S. The van der Waals surface area contributed by atoms with Crippen molar-refractivity contribution in [2.45, 2.75) is 74.6 Å². The number of alkyl halides is 9. The summed E-state index contributed by atoms with van der Waals surface area (Å²) >= 11 is 0. The molecule has 0 saturated heterocycles. The Labute approximate surface area is 222 Å². The highest BCUT2D eigenvalue weighted by molar-refractivity contribution is 7.88. The van der Waals surface area contributed by atoms with E-state index in [1.54, 1.807) is 6.92 Å². The van der Waals surface area contributed by atoms with Crippen molar-refractivity contribution in [2.75, 3.05) is 0 Å². The van der Waals surface area contributed by atoms with E-state index in [-0.39, 0.29) is 42.4 Å². The molecule has 0 unspecified atom stereocenters. The Kier molecular flexibility index (Phi) is 7.03. The molecule has 16 heteroatoms. The summed E-state index contributed by atoms with van der Waals surface area (Å²) in [6.45, 7) is 1.80. The minimum atomic E-state index is -7.42. The summed E-state index contributed by atoms with van der Waals surface area (Å²) in [5, 5.41) is 2.50. The zero-order valence-electron chi connectivity index (χ0n) is 20.6. The Morgan fingerprint density at radius 2 is 1.65 bits per heavy atom. The van der Waals surface area contributed by atoms with Gasteiger partial charge in [-0.05, 0) is 72.6 Å². The summed E-state index contributed by atoms with van der Waals surface area (Å²) in [5.41, 5.74) is 0.0351. The third kappa shape index (κ3) is 4.35. The maximum Gasteiger partial charge on any atom is 0.460 e. The summed E-state index contributed by atoms with van der Waals surface area (Å²) in [6.07, 6.45) is -5.81. The standard InChI is InChI=1S/C24H23F9O6S/c1-20-10-12(9-18(35)36)19-14-5-3-13(8-11(14)2-4-15(19)16(20)6-7-17(20)34)39-40(37,38)24(32,33)22(27,28)21(25,26)23(29,30)31/h3,5,8,12,15-16,19H,2,4,6-7,9-10H2,1H3,(H,35,36)/t12-,15+,16+,19-,20+/m1/s1. The predicted octanol–water partition coefficient (Wildman–Crippen LogP) is 5.95. The Balaban J connectivity index is 1.67. The molecule has 6 nitrogen and oxygen atoms in total. The van der Waals surface area contributed by atoms with E-state index < -0.39 is 62.4 Å². The molecule has 0 bridgehead atoms. The maximum absolute atomic E-state index is 14.1. The first-order valence-electron chi connectivity index (χ1n) is 12.1. The average molecular weight is 610 g/mol. The Bertz CT molecular complexity index is 1330. The highest BCUT2D eigenvalue weighted by Gasteiger charge is 2.86. The lowest BCUT2D eigenvalue weighted by molar-refractivity contribution is -0.382. The van der Waals surface area contributed by atoms with Crippen LogP contribution in [0.5, 0.6) is 5.75 Å². The van der Waals surface area contributed by atoms with Crippen LogP contribution in [0, 0.1) is 23.2 Å². The van der Waals surface area contributed by atoms with Gasteiger partial charge < -0.3 is 9.29 Å². The lowest BCUT2D eigenvalue weighted by Gasteiger charge is -2.52. The van der Waals surface area contributed by atoms with Crippen molar-refractivity contribution >= 4 is 21.9 Å². The van der Waals surface area contributed by atoms with Gasteiger partial charge in [-0.25, -0.2) is 0 Å². The van der Waals surface area contributed by atoms with Crippen LogP contribution >= 0.6 is 0 Å². The van der Waals surface area contributed by atoms with Crippen LogP contribution in [0.3, 0.4) is 0 Å². The second-order valence-electron chi connectivity index (χ2n) is 10.8. The SMILES string of the molecule is C[C@]12C[C@@H](CC(=O)O)[C@@H]3c4ccc(OS(=O)(=O)C(F)(F)C(F)(F)C(F)(F)C(F)(F)F)cc4CC[C@H]3[C@@H]1CCC2=O. The van der Waals surface area contributed by atoms with Crippen molar-refractivity contribution in [1.29, 1.82) is 0 Å². The Morgan fingerprint density at radius 3 is 2.23 bits per heavy atom. The lowest BCUT2D eigenvalue weighted by Crippen LogP contribution is -2.63. The van der Waals surface area contributed by atoms with E-state index >= 15 is 0 Å². The van der Waals surface area contributed by atoms with Gasteiger partial charge in [-0.15, -0.1) is 0 Å². The molecule has 1 aromatic carbocycles. The number of ketones is 1. The van der Waals surface area contributed by atoms with Crippen molar-refractivity contribution in [2.24, 2.45) is 23.2 Å². The normalized spacial score (nSPS) is 29.4. The van der Waals surface area contributed by atoms with Gasteiger partial charge >= 0.3 is 39.4 Å². The lowest BCUT2D eigenvalue weighted by atomic mass is 9.51. The van der Waals surface area contributed by atoms with E-state index in [2.05, 4.69) is 4.18 Å². The second-order valence-corrected chi connectivity index (χ2v) is 12.4. The first-order chi connectivity index (χ1) is 18.1. The number of benzene rings is 1. The number of carboxylic acids is 1. The molecule has 0 spiro atoms. The summed E-state index contributed by atoms with van der Waals surface area (Å²) in [6, 6.07) is 2.82. The number of Topliss-reactive ketones (excluding diaryl/α,β-unsaturated/α-hetero) is 1. The summed E-state index contributed by atoms with van der Waals surface area (Å²) in [4.78, 5) is 24.3. The predicted molar refractivity (Wildman–Crippen MR) is 118 cm³/mol. The fourth-order valence-corrected chi connectivity index (χ4v) is 7.71. The fraction of sp³-hybridized carbons (Fsp3) is 0.667. The van der Waals surface area contributed by atoms with Gasteiger partial charge in [-0.1, -0.05) is 13.0 Å². The molecule has 3 aliphatic rings. The van der Waals surface area contributed by atoms with Gasteiger partial charge in [0.1, 0.15) is 11.5 Å². The molecule has 0 amide bonds. The first-order valence-corrected chi connectivity index (χ1v) is 13.5. The number of carbonyl (C=O) groups is 2. The van der Waals surface area contributed by atoms with Crippen LogP contribution in [0.4, 0.5) is 39.5 Å². The molecule has 5 atom stereocenters. The largest absolute Gasteiger partial charge is 0.481 e. The van der Waals surface area contributed by atoms with E-state index in [9.17, 15) is 62.6 Å². The number of aryl methyl sites for hydroxylation is 1. The van der Waals surface area contributed by atoms with E-state index in [0.717, 1.165) is 12.1 Å². The van der Waals surface area contributed by atoms with Crippen LogP contribution in [0.15, 0.2) is 18.2 Å². The topological polar surface area (TPSA) is 97.7 Å². The number of carbonyl (C=O) groups excluding carboxylic acids is 1. The van der Waals surface area contributed by atoms with E-state index in [1.165, 1.54) is 6.07 Å². The number of rotatable bonds is 7. The summed E-state index contributed by atoms with van der Waals surface area (Å²) < 4.78 is 147. The molecular weight excluding hydrogens is 587 g/mol. The number of carboxylic acid groups (broad SMARTS) is 1. The van der Waals surface area contributed by atoms with Crippen LogP contribution < -0.4 is 4.18 Å².